The standard InChI is InChI=1S/C44H53N7O5.5H2S/c1-26(2)28(5)40(52)51-25-44(16-7-19-56-44)22-36(51)39-46-32-15-12-30(20-33(32)47-39)9-8-29-10-13-31(14-11-29)34-23-45-38(48-34)35-21-43(17-18-43)24-50(35)41(53)37(27(3)4)49-42(54)55-6;;;;;/h10-15,20,23,26-28,35-37H,7,16-19,21-22,24-25H2,1-6H3,(H,45,48)(H,46,47)(H,49,54);5*1H2/t28-,35-,36-,37-,44-;;;;;/m0...../s1. The smallest absolute Gasteiger partial charge is 0.407 e. The molecule has 2 aromatic carbocycles. The number of rotatable bonds is 8. The minimum absolute atomic E-state index is 0. The second-order valence-corrected chi connectivity index (χ2v) is 17.3. The summed E-state index contributed by atoms with van der Waals surface area (Å²) in [6.07, 6.45) is 6.98. The third-order valence-electron chi connectivity index (χ3n) is 12.7. The molecule has 61 heavy (non-hydrogen) atoms. The van der Waals surface area contributed by atoms with Crippen molar-refractivity contribution in [2.24, 2.45) is 23.2 Å². The van der Waals surface area contributed by atoms with E-state index in [-0.39, 0.29) is 120 Å². The number of aromatic amines is 2. The zero-order valence-electron chi connectivity index (χ0n) is 35.8. The SMILES string of the molecule is COC(=O)N[C@H](C(=O)N1CC2(CC2)C[C@H]1c1ncc(-c2ccc(C#Cc3ccc4nc([C@@H]5C[C@@]6(CCCO6)CN5C(=O)[C@@H](C)C(C)C)[nH]c4c3)cc2)[nH]1)C(C)C.S.S.S.S.S. The number of aromatic nitrogens is 4. The Morgan fingerprint density at radius 3 is 2.10 bits per heavy atom. The van der Waals surface area contributed by atoms with Crippen molar-refractivity contribution >= 4 is 96.4 Å². The van der Waals surface area contributed by atoms with Crippen LogP contribution < -0.4 is 5.32 Å². The van der Waals surface area contributed by atoms with Gasteiger partial charge < -0.3 is 34.6 Å². The molecule has 12 nitrogen and oxygen atoms in total. The van der Waals surface area contributed by atoms with Crippen LogP contribution in [0.25, 0.3) is 22.3 Å². The lowest BCUT2D eigenvalue weighted by atomic mass is 9.96. The number of imidazole rings is 2. The molecular weight excluding hydrogens is 867 g/mol. The van der Waals surface area contributed by atoms with Gasteiger partial charge in [-0.1, -0.05) is 58.6 Å². The number of benzene rings is 2. The lowest BCUT2D eigenvalue weighted by Gasteiger charge is -2.30. The summed E-state index contributed by atoms with van der Waals surface area (Å²) in [5.41, 5.74) is 5.15. The Balaban J connectivity index is 0.00000198. The monoisotopic (exact) mass is 929 g/mol. The van der Waals surface area contributed by atoms with Crippen LogP contribution >= 0.6 is 67.5 Å². The van der Waals surface area contributed by atoms with E-state index in [0.717, 1.165) is 90.2 Å². The van der Waals surface area contributed by atoms with Crippen LogP contribution in [0.2, 0.25) is 0 Å². The van der Waals surface area contributed by atoms with E-state index in [1.807, 2.05) is 79.2 Å². The first-order valence-electron chi connectivity index (χ1n) is 20.1. The molecule has 1 saturated carbocycles. The van der Waals surface area contributed by atoms with E-state index in [0.29, 0.717) is 13.1 Å². The quantitative estimate of drug-likeness (QED) is 0.156. The summed E-state index contributed by atoms with van der Waals surface area (Å²) in [7, 11) is 1.31. The van der Waals surface area contributed by atoms with Gasteiger partial charge in [0.15, 0.2) is 0 Å². The largest absolute Gasteiger partial charge is 0.453 e. The van der Waals surface area contributed by atoms with E-state index in [1.165, 1.54) is 7.11 Å². The number of nitrogens with one attached hydrogen (secondary N) is 3. The number of alkyl carbamates (subject to hydrolysis) is 1. The average molecular weight is 930 g/mol. The van der Waals surface area contributed by atoms with Crippen LogP contribution in [0.1, 0.15) is 108 Å². The summed E-state index contributed by atoms with van der Waals surface area (Å²) in [6.45, 7) is 12.1. The van der Waals surface area contributed by atoms with Gasteiger partial charge in [-0.05, 0) is 85.3 Å². The van der Waals surface area contributed by atoms with E-state index in [1.54, 1.807) is 0 Å². The topological polar surface area (TPSA) is 146 Å². The third kappa shape index (κ3) is 10.7. The van der Waals surface area contributed by atoms with E-state index in [4.69, 9.17) is 19.4 Å². The van der Waals surface area contributed by atoms with Gasteiger partial charge in [0.2, 0.25) is 11.8 Å². The molecule has 3 N–H and O–H groups in total. The van der Waals surface area contributed by atoms with Crippen molar-refractivity contribution in [2.75, 3.05) is 26.8 Å². The highest BCUT2D eigenvalue weighted by molar-refractivity contribution is 7.60. The number of fused-ring (bicyclic) bond motifs is 1. The van der Waals surface area contributed by atoms with E-state index in [9.17, 15) is 14.4 Å². The second-order valence-electron chi connectivity index (χ2n) is 17.3. The summed E-state index contributed by atoms with van der Waals surface area (Å²) < 4.78 is 11.1. The summed E-state index contributed by atoms with van der Waals surface area (Å²) >= 11 is 0. The van der Waals surface area contributed by atoms with Gasteiger partial charge in [0.1, 0.15) is 17.7 Å². The van der Waals surface area contributed by atoms with Gasteiger partial charge >= 0.3 is 6.09 Å². The number of likely N-dealkylation sites (tertiary alicyclic amines) is 2. The van der Waals surface area contributed by atoms with Gasteiger partial charge in [-0.15, -0.1) is 0 Å². The number of carbonyl (C=O) groups excluding carboxylic acids is 3. The van der Waals surface area contributed by atoms with E-state index >= 15 is 0 Å². The fraction of sp³-hybridized carbons (Fsp3) is 0.523. The molecule has 1 aliphatic carbocycles. The Morgan fingerprint density at radius 2 is 1.48 bits per heavy atom. The predicted molar refractivity (Wildman–Crippen MR) is 264 cm³/mol. The van der Waals surface area contributed by atoms with Crippen molar-refractivity contribution in [3.05, 3.63) is 71.4 Å². The van der Waals surface area contributed by atoms with Gasteiger partial charge in [-0.25, -0.2) is 14.8 Å². The van der Waals surface area contributed by atoms with Crippen LogP contribution in [0, 0.1) is 35.0 Å². The second kappa shape index (κ2) is 20.9. The van der Waals surface area contributed by atoms with Gasteiger partial charge in [0, 0.05) is 36.6 Å². The summed E-state index contributed by atoms with van der Waals surface area (Å²) in [6, 6.07) is 13.0. The molecule has 0 radical (unpaired) electrons. The van der Waals surface area contributed by atoms with Crippen LogP contribution in [0.3, 0.4) is 0 Å². The number of hydrogen-bond donors (Lipinski definition) is 3. The maximum atomic E-state index is 13.8. The molecule has 3 saturated heterocycles. The molecule has 5 atom stereocenters. The van der Waals surface area contributed by atoms with Crippen LogP contribution in [0.15, 0.2) is 48.7 Å². The van der Waals surface area contributed by atoms with Crippen molar-refractivity contribution in [2.45, 2.75) is 96.9 Å². The Labute approximate surface area is 394 Å². The molecule has 2 spiro atoms. The van der Waals surface area contributed by atoms with E-state index in [2.05, 4.69) is 41.0 Å². The number of carbonyl (C=O) groups is 3. The molecule has 3 amide bonds. The van der Waals surface area contributed by atoms with Crippen LogP contribution in [0.4, 0.5) is 4.79 Å². The van der Waals surface area contributed by atoms with E-state index < -0.39 is 12.1 Å². The minimum atomic E-state index is -0.682. The van der Waals surface area contributed by atoms with Crippen LogP contribution in [-0.4, -0.2) is 86.1 Å². The first-order chi connectivity index (χ1) is 26.9. The molecule has 5 heterocycles. The van der Waals surface area contributed by atoms with Crippen molar-refractivity contribution in [3.63, 3.8) is 0 Å². The van der Waals surface area contributed by atoms with Crippen LogP contribution in [-0.2, 0) is 19.1 Å². The zero-order chi connectivity index (χ0) is 39.4. The molecule has 0 bridgehead atoms. The van der Waals surface area contributed by atoms with Crippen molar-refractivity contribution < 1.29 is 23.9 Å². The molecule has 0 unspecified atom stereocenters. The highest BCUT2D eigenvalue weighted by Gasteiger charge is 2.55. The number of hydrogen-bond acceptors (Lipinski definition) is 7. The highest BCUT2D eigenvalue weighted by Crippen LogP contribution is 2.58. The van der Waals surface area contributed by atoms with Gasteiger partial charge in [-0.2, -0.15) is 67.5 Å². The molecule has 4 fully saturated rings. The Morgan fingerprint density at radius 1 is 0.820 bits per heavy atom. The Hall–Kier alpha value is -3.40. The molecule has 4 aromatic rings. The molecular formula is C44H63N7O5S5. The normalized spacial score (nSPS) is 21.6. The number of nitrogens with zero attached hydrogens (tertiary/aromatic N) is 4. The fourth-order valence-electron chi connectivity index (χ4n) is 8.76. The Bertz CT molecular complexity index is 2210. The predicted octanol–water partition coefficient (Wildman–Crippen LogP) is 7.47. The molecule has 3 aliphatic heterocycles. The van der Waals surface area contributed by atoms with Crippen molar-refractivity contribution in [1.29, 1.82) is 0 Å². The molecule has 17 heteroatoms. The van der Waals surface area contributed by atoms with Crippen molar-refractivity contribution in [3.8, 4) is 23.1 Å². The summed E-state index contributed by atoms with van der Waals surface area (Å²) in [5, 5.41) is 2.74. The molecule has 2 aromatic heterocycles. The lowest BCUT2D eigenvalue weighted by Crippen LogP contribution is -2.51. The van der Waals surface area contributed by atoms with Crippen LogP contribution in [0.5, 0.6) is 0 Å². The molecule has 4 aliphatic rings. The summed E-state index contributed by atoms with van der Waals surface area (Å²) in [5.74, 6) is 8.29. The minimum Gasteiger partial charge on any atom is -0.453 e. The highest BCUT2D eigenvalue weighted by atomic mass is 32.1. The average Bonchev–Trinajstić information content (AvgIpc) is 3.79. The first kappa shape index (κ1) is 51.9. The maximum Gasteiger partial charge on any atom is 0.407 e. The first-order valence-corrected chi connectivity index (χ1v) is 20.1. The lowest BCUT2D eigenvalue weighted by molar-refractivity contribution is -0.138. The van der Waals surface area contributed by atoms with Gasteiger partial charge in [0.25, 0.3) is 0 Å². The van der Waals surface area contributed by atoms with Gasteiger partial charge in [-0.3, -0.25) is 9.59 Å². The van der Waals surface area contributed by atoms with Gasteiger partial charge in [0.05, 0.1) is 54.3 Å². The number of methoxy groups -OCH3 is 1. The number of H-pyrrole nitrogens is 2. The number of amides is 3. The maximum absolute atomic E-state index is 13.8. The third-order valence-corrected chi connectivity index (χ3v) is 12.7. The molecule has 334 valence electrons. The van der Waals surface area contributed by atoms with Crippen molar-refractivity contribution in [1.82, 2.24) is 35.1 Å². The summed E-state index contributed by atoms with van der Waals surface area (Å²) in [4.78, 5) is 60.2. The molecule has 8 rings (SSSR count). The Kier molecular flexibility index (Phi) is 17.8. The number of ether oxygens (including phenoxy) is 2. The fourth-order valence-corrected chi connectivity index (χ4v) is 8.76. The zero-order valence-corrected chi connectivity index (χ0v) is 40.8.